The van der Waals surface area contributed by atoms with Crippen LogP contribution in [0.5, 0.6) is 0 Å². The standard InChI is InChI=1S/C17H17F3N2O/c1-3-12-7-4-6-11(2)15(12)22-16(23)21-14-9-5-8-13(10-14)17(18,19)20/h4-10H,3H2,1-2H3,(H2,21,22,23). The van der Waals surface area contributed by atoms with Gasteiger partial charge in [-0.1, -0.05) is 31.2 Å². The van der Waals surface area contributed by atoms with E-state index in [2.05, 4.69) is 10.6 Å². The molecule has 0 unspecified atom stereocenters. The minimum atomic E-state index is -4.44. The van der Waals surface area contributed by atoms with Gasteiger partial charge in [-0.05, 0) is 42.7 Å². The molecule has 0 saturated carbocycles. The number of alkyl halides is 3. The van der Waals surface area contributed by atoms with Crippen LogP contribution in [0.3, 0.4) is 0 Å². The van der Waals surface area contributed by atoms with Crippen molar-refractivity contribution in [2.75, 3.05) is 10.6 Å². The maximum atomic E-state index is 12.7. The van der Waals surface area contributed by atoms with E-state index in [9.17, 15) is 18.0 Å². The summed E-state index contributed by atoms with van der Waals surface area (Å²) >= 11 is 0. The molecule has 2 aromatic rings. The first-order chi connectivity index (χ1) is 10.8. The van der Waals surface area contributed by atoms with Crippen molar-refractivity contribution in [2.24, 2.45) is 0 Å². The molecule has 0 atom stereocenters. The fraction of sp³-hybridized carbons (Fsp3) is 0.235. The number of halogens is 3. The van der Waals surface area contributed by atoms with Gasteiger partial charge in [-0.25, -0.2) is 4.79 Å². The zero-order valence-corrected chi connectivity index (χ0v) is 12.8. The maximum absolute atomic E-state index is 12.7. The van der Waals surface area contributed by atoms with Gasteiger partial charge in [0.15, 0.2) is 0 Å². The lowest BCUT2D eigenvalue weighted by Crippen LogP contribution is -2.21. The first kappa shape index (κ1) is 16.9. The van der Waals surface area contributed by atoms with Crippen LogP contribution in [0.15, 0.2) is 42.5 Å². The lowest BCUT2D eigenvalue weighted by molar-refractivity contribution is -0.137. The number of aryl methyl sites for hydroxylation is 2. The van der Waals surface area contributed by atoms with Gasteiger partial charge in [-0.2, -0.15) is 13.2 Å². The molecule has 0 fully saturated rings. The van der Waals surface area contributed by atoms with Crippen molar-refractivity contribution in [1.82, 2.24) is 0 Å². The number of anilines is 2. The summed E-state index contributed by atoms with van der Waals surface area (Å²) in [7, 11) is 0. The first-order valence-corrected chi connectivity index (χ1v) is 7.15. The molecule has 3 nitrogen and oxygen atoms in total. The molecule has 0 bridgehead atoms. The van der Waals surface area contributed by atoms with Gasteiger partial charge >= 0.3 is 12.2 Å². The Bertz CT molecular complexity index is 711. The Morgan fingerprint density at radius 2 is 1.78 bits per heavy atom. The van der Waals surface area contributed by atoms with E-state index in [1.165, 1.54) is 12.1 Å². The molecule has 6 heteroatoms. The highest BCUT2D eigenvalue weighted by Gasteiger charge is 2.30. The molecule has 0 aliphatic heterocycles. The molecule has 2 N–H and O–H groups in total. The largest absolute Gasteiger partial charge is 0.416 e. The van der Waals surface area contributed by atoms with Crippen molar-refractivity contribution in [3.63, 3.8) is 0 Å². The molecule has 0 heterocycles. The number of nitrogens with one attached hydrogen (secondary N) is 2. The van der Waals surface area contributed by atoms with Crippen LogP contribution in [-0.2, 0) is 12.6 Å². The van der Waals surface area contributed by atoms with Gasteiger partial charge in [0, 0.05) is 11.4 Å². The number of para-hydroxylation sites is 1. The van der Waals surface area contributed by atoms with E-state index >= 15 is 0 Å². The second-order valence-corrected chi connectivity index (χ2v) is 5.12. The number of urea groups is 1. The number of hydrogen-bond acceptors (Lipinski definition) is 1. The van der Waals surface area contributed by atoms with E-state index in [1.807, 2.05) is 32.0 Å². The molecule has 2 rings (SSSR count). The molecule has 0 radical (unpaired) electrons. The molecular formula is C17H17F3N2O. The maximum Gasteiger partial charge on any atom is 0.416 e. The van der Waals surface area contributed by atoms with Gasteiger partial charge in [0.2, 0.25) is 0 Å². The first-order valence-electron chi connectivity index (χ1n) is 7.15. The summed E-state index contributed by atoms with van der Waals surface area (Å²) in [5.41, 5.74) is 1.82. The van der Waals surface area contributed by atoms with Gasteiger partial charge in [0.25, 0.3) is 0 Å². The molecule has 0 aliphatic rings. The zero-order chi connectivity index (χ0) is 17.0. The van der Waals surface area contributed by atoms with Crippen molar-refractivity contribution in [1.29, 1.82) is 0 Å². The van der Waals surface area contributed by atoms with E-state index in [4.69, 9.17) is 0 Å². The topological polar surface area (TPSA) is 41.1 Å². The lowest BCUT2D eigenvalue weighted by Gasteiger charge is -2.14. The van der Waals surface area contributed by atoms with E-state index in [-0.39, 0.29) is 5.69 Å². The van der Waals surface area contributed by atoms with Crippen LogP contribution in [-0.4, -0.2) is 6.03 Å². The molecule has 122 valence electrons. The number of carbonyl (C=O) groups excluding carboxylic acids is 1. The van der Waals surface area contributed by atoms with Crippen molar-refractivity contribution < 1.29 is 18.0 Å². The van der Waals surface area contributed by atoms with Gasteiger partial charge < -0.3 is 10.6 Å². The molecule has 0 saturated heterocycles. The minimum absolute atomic E-state index is 0.0870. The third kappa shape index (κ3) is 4.25. The molecular weight excluding hydrogens is 305 g/mol. The third-order valence-corrected chi connectivity index (χ3v) is 3.43. The Balaban J connectivity index is 2.15. The Labute approximate surface area is 132 Å². The lowest BCUT2D eigenvalue weighted by atomic mass is 10.1. The number of carbonyl (C=O) groups is 1. The molecule has 2 aromatic carbocycles. The highest BCUT2D eigenvalue weighted by molar-refractivity contribution is 6.00. The molecule has 2 amide bonds. The zero-order valence-electron chi connectivity index (χ0n) is 12.8. The van der Waals surface area contributed by atoms with E-state index in [0.29, 0.717) is 5.69 Å². The quantitative estimate of drug-likeness (QED) is 0.799. The Morgan fingerprint density at radius 3 is 2.43 bits per heavy atom. The van der Waals surface area contributed by atoms with Crippen LogP contribution >= 0.6 is 0 Å². The van der Waals surface area contributed by atoms with Crippen LogP contribution in [0.2, 0.25) is 0 Å². The highest BCUT2D eigenvalue weighted by Crippen LogP contribution is 2.30. The molecule has 0 aliphatic carbocycles. The molecule has 0 spiro atoms. The van der Waals surface area contributed by atoms with Crippen LogP contribution < -0.4 is 10.6 Å². The second kappa shape index (κ2) is 6.73. The summed E-state index contributed by atoms with van der Waals surface area (Å²) in [5, 5.41) is 5.14. The summed E-state index contributed by atoms with van der Waals surface area (Å²) < 4.78 is 38.0. The van der Waals surface area contributed by atoms with Crippen molar-refractivity contribution >= 4 is 17.4 Å². The number of amides is 2. The molecule has 0 aromatic heterocycles. The monoisotopic (exact) mass is 322 g/mol. The van der Waals surface area contributed by atoms with Gasteiger partial charge in [0.1, 0.15) is 0 Å². The Hall–Kier alpha value is -2.50. The SMILES string of the molecule is CCc1cccc(C)c1NC(=O)Nc1cccc(C(F)(F)F)c1. The van der Waals surface area contributed by atoms with Crippen LogP contribution in [0.1, 0.15) is 23.6 Å². The minimum Gasteiger partial charge on any atom is -0.308 e. The van der Waals surface area contributed by atoms with Crippen LogP contribution in [0.25, 0.3) is 0 Å². The van der Waals surface area contributed by atoms with Crippen LogP contribution in [0.4, 0.5) is 29.3 Å². The summed E-state index contributed by atoms with van der Waals surface area (Å²) in [5.74, 6) is 0. The summed E-state index contributed by atoms with van der Waals surface area (Å²) in [6.45, 7) is 3.82. The average Bonchev–Trinajstić information content (AvgIpc) is 2.48. The highest BCUT2D eigenvalue weighted by atomic mass is 19.4. The molecule has 23 heavy (non-hydrogen) atoms. The summed E-state index contributed by atoms with van der Waals surface area (Å²) in [4.78, 5) is 12.1. The van der Waals surface area contributed by atoms with Gasteiger partial charge in [0.05, 0.1) is 5.56 Å². The summed E-state index contributed by atoms with van der Waals surface area (Å²) in [6, 6.07) is 9.60. The van der Waals surface area contributed by atoms with E-state index in [0.717, 1.165) is 29.7 Å². The smallest absolute Gasteiger partial charge is 0.308 e. The third-order valence-electron chi connectivity index (χ3n) is 3.43. The van der Waals surface area contributed by atoms with Crippen LogP contribution in [0, 0.1) is 6.92 Å². The number of benzene rings is 2. The van der Waals surface area contributed by atoms with Crippen molar-refractivity contribution in [3.8, 4) is 0 Å². The second-order valence-electron chi connectivity index (χ2n) is 5.12. The van der Waals surface area contributed by atoms with Gasteiger partial charge in [-0.3, -0.25) is 0 Å². The Kier molecular flexibility index (Phi) is 4.93. The average molecular weight is 322 g/mol. The van der Waals surface area contributed by atoms with Crippen molar-refractivity contribution in [3.05, 3.63) is 59.2 Å². The predicted octanol–water partition coefficient (Wildman–Crippen LogP) is 5.22. The fourth-order valence-electron chi connectivity index (χ4n) is 2.25. The predicted molar refractivity (Wildman–Crippen MR) is 84.6 cm³/mol. The Morgan fingerprint density at radius 1 is 1.09 bits per heavy atom. The number of rotatable bonds is 3. The fourth-order valence-corrected chi connectivity index (χ4v) is 2.25. The van der Waals surface area contributed by atoms with Crippen molar-refractivity contribution in [2.45, 2.75) is 26.4 Å². The van der Waals surface area contributed by atoms with E-state index in [1.54, 1.807) is 0 Å². The van der Waals surface area contributed by atoms with Gasteiger partial charge in [-0.15, -0.1) is 0 Å². The van der Waals surface area contributed by atoms with E-state index < -0.39 is 17.8 Å². The normalized spacial score (nSPS) is 11.2. The summed E-state index contributed by atoms with van der Waals surface area (Å²) in [6.07, 6.45) is -3.71. The number of hydrogen-bond donors (Lipinski definition) is 2.